The van der Waals surface area contributed by atoms with Crippen molar-refractivity contribution in [2.24, 2.45) is 5.92 Å². The van der Waals surface area contributed by atoms with E-state index < -0.39 is 0 Å². The van der Waals surface area contributed by atoms with Crippen molar-refractivity contribution < 1.29 is 19.1 Å². The lowest BCUT2D eigenvalue weighted by Crippen LogP contribution is -2.36. The summed E-state index contributed by atoms with van der Waals surface area (Å²) in [6, 6.07) is 11.0. The van der Waals surface area contributed by atoms with Crippen molar-refractivity contribution in [3.8, 4) is 11.5 Å². The van der Waals surface area contributed by atoms with Gasteiger partial charge in [-0.25, -0.2) is 0 Å². The summed E-state index contributed by atoms with van der Waals surface area (Å²) in [6.45, 7) is 5.60. The molecule has 0 unspecified atom stereocenters. The summed E-state index contributed by atoms with van der Waals surface area (Å²) in [4.78, 5) is 27.3. The minimum atomic E-state index is -0.208. The maximum absolute atomic E-state index is 12.8. The number of nitrogens with one attached hydrogen (secondary N) is 1. The zero-order chi connectivity index (χ0) is 21.1. The number of rotatable bonds is 7. The quantitative estimate of drug-likeness (QED) is 0.736. The normalized spacial score (nSPS) is 15.3. The number of ether oxygens (including phenoxy) is 2. The molecule has 0 atom stereocenters. The highest BCUT2D eigenvalue weighted by molar-refractivity contribution is 6.05. The Labute approximate surface area is 177 Å². The minimum absolute atomic E-state index is 0.203. The second-order valence-corrected chi connectivity index (χ2v) is 7.69. The number of hydrogen-bond acceptors (Lipinski definition) is 4. The van der Waals surface area contributed by atoms with Gasteiger partial charge in [0.2, 0.25) is 5.91 Å². The number of anilines is 2. The molecule has 1 aliphatic heterocycles. The van der Waals surface area contributed by atoms with E-state index in [4.69, 9.17) is 9.47 Å². The number of hydrogen-bond donors (Lipinski definition) is 1. The molecule has 0 saturated heterocycles. The van der Waals surface area contributed by atoms with Crippen molar-refractivity contribution in [3.05, 3.63) is 47.5 Å². The predicted molar refractivity (Wildman–Crippen MR) is 117 cm³/mol. The molecule has 1 saturated carbocycles. The van der Waals surface area contributed by atoms with E-state index in [0.29, 0.717) is 30.3 Å². The second kappa shape index (κ2) is 8.78. The third-order valence-electron chi connectivity index (χ3n) is 5.45. The van der Waals surface area contributed by atoms with Crippen molar-refractivity contribution in [2.45, 2.75) is 39.5 Å². The molecule has 1 fully saturated rings. The first-order valence-corrected chi connectivity index (χ1v) is 10.8. The highest BCUT2D eigenvalue weighted by Gasteiger charge is 2.35. The average Bonchev–Trinajstić information content (AvgIpc) is 3.59. The fourth-order valence-electron chi connectivity index (χ4n) is 3.85. The third-order valence-corrected chi connectivity index (χ3v) is 5.45. The second-order valence-electron chi connectivity index (χ2n) is 7.69. The summed E-state index contributed by atoms with van der Waals surface area (Å²) in [5, 5.41) is 2.97. The summed E-state index contributed by atoms with van der Waals surface area (Å²) in [6.07, 6.45) is 3.86. The third kappa shape index (κ3) is 4.27. The van der Waals surface area contributed by atoms with Crippen LogP contribution in [-0.2, 0) is 11.2 Å². The summed E-state index contributed by atoms with van der Waals surface area (Å²) >= 11 is 0. The van der Waals surface area contributed by atoms with Gasteiger partial charge in [-0.05, 0) is 81.5 Å². The van der Waals surface area contributed by atoms with Gasteiger partial charge < -0.3 is 19.7 Å². The number of carbonyl (C=O) groups excluding carboxylic acids is 2. The Kier molecular flexibility index (Phi) is 5.93. The van der Waals surface area contributed by atoms with Crippen LogP contribution < -0.4 is 19.7 Å². The van der Waals surface area contributed by atoms with E-state index in [9.17, 15) is 9.59 Å². The van der Waals surface area contributed by atoms with Gasteiger partial charge in [0.05, 0.1) is 13.2 Å². The molecule has 0 bridgehead atoms. The fourth-order valence-corrected chi connectivity index (χ4v) is 3.85. The van der Waals surface area contributed by atoms with Crippen LogP contribution in [0.25, 0.3) is 0 Å². The molecule has 1 aliphatic carbocycles. The van der Waals surface area contributed by atoms with Crippen molar-refractivity contribution in [2.75, 3.05) is 30.0 Å². The molecule has 0 spiro atoms. The summed E-state index contributed by atoms with van der Waals surface area (Å²) in [5.74, 6) is 1.43. The molecule has 6 nitrogen and oxygen atoms in total. The molecular formula is C24H28N2O4. The number of fused-ring (bicyclic) bond motifs is 1. The van der Waals surface area contributed by atoms with E-state index in [1.54, 1.807) is 18.2 Å². The van der Waals surface area contributed by atoms with E-state index >= 15 is 0 Å². The Morgan fingerprint density at radius 3 is 2.53 bits per heavy atom. The fraction of sp³-hybridized carbons (Fsp3) is 0.417. The molecule has 6 heteroatoms. The maximum Gasteiger partial charge on any atom is 0.255 e. The first-order chi connectivity index (χ1) is 14.6. The van der Waals surface area contributed by atoms with Crippen LogP contribution >= 0.6 is 0 Å². The Morgan fingerprint density at radius 1 is 1.03 bits per heavy atom. The number of benzene rings is 2. The van der Waals surface area contributed by atoms with Crippen LogP contribution in [0.1, 0.15) is 49.0 Å². The van der Waals surface area contributed by atoms with Gasteiger partial charge >= 0.3 is 0 Å². The van der Waals surface area contributed by atoms with E-state index in [-0.39, 0.29) is 17.7 Å². The lowest BCUT2D eigenvalue weighted by molar-refractivity contribution is -0.119. The van der Waals surface area contributed by atoms with Crippen LogP contribution in [0.3, 0.4) is 0 Å². The number of aryl methyl sites for hydroxylation is 1. The van der Waals surface area contributed by atoms with Gasteiger partial charge in [0, 0.05) is 29.4 Å². The smallest absolute Gasteiger partial charge is 0.255 e. The van der Waals surface area contributed by atoms with Crippen molar-refractivity contribution in [1.82, 2.24) is 0 Å². The Bertz CT molecular complexity index is 952. The first kappa shape index (κ1) is 20.3. The minimum Gasteiger partial charge on any atom is -0.490 e. The first-order valence-electron chi connectivity index (χ1n) is 10.8. The molecule has 30 heavy (non-hydrogen) atoms. The van der Waals surface area contributed by atoms with Crippen molar-refractivity contribution in [3.63, 3.8) is 0 Å². The molecule has 2 amide bonds. The van der Waals surface area contributed by atoms with Crippen molar-refractivity contribution in [1.29, 1.82) is 0 Å². The van der Waals surface area contributed by atoms with Gasteiger partial charge in [0.25, 0.3) is 5.91 Å². The highest BCUT2D eigenvalue weighted by Crippen LogP contribution is 2.37. The Balaban J connectivity index is 1.51. The Morgan fingerprint density at radius 2 is 1.80 bits per heavy atom. The van der Waals surface area contributed by atoms with Crippen LogP contribution in [0.4, 0.5) is 11.4 Å². The van der Waals surface area contributed by atoms with Gasteiger partial charge in [-0.2, -0.15) is 0 Å². The number of amides is 2. The molecular weight excluding hydrogens is 380 g/mol. The van der Waals surface area contributed by atoms with Crippen LogP contribution in [0, 0.1) is 5.92 Å². The lowest BCUT2D eigenvalue weighted by atomic mass is 10.00. The topological polar surface area (TPSA) is 67.9 Å². The van der Waals surface area contributed by atoms with Crippen molar-refractivity contribution >= 4 is 23.2 Å². The van der Waals surface area contributed by atoms with E-state index in [1.165, 1.54) is 0 Å². The van der Waals surface area contributed by atoms with Gasteiger partial charge in [-0.1, -0.05) is 0 Å². The monoisotopic (exact) mass is 408 g/mol. The summed E-state index contributed by atoms with van der Waals surface area (Å²) in [5.41, 5.74) is 3.32. The average molecular weight is 408 g/mol. The summed E-state index contributed by atoms with van der Waals surface area (Å²) in [7, 11) is 0. The molecule has 0 radical (unpaired) electrons. The van der Waals surface area contributed by atoms with E-state index in [0.717, 1.165) is 49.2 Å². The van der Waals surface area contributed by atoms with E-state index in [2.05, 4.69) is 5.32 Å². The van der Waals surface area contributed by atoms with Crippen LogP contribution in [0.15, 0.2) is 36.4 Å². The van der Waals surface area contributed by atoms with Crippen LogP contribution in [-0.4, -0.2) is 31.6 Å². The Hall–Kier alpha value is -3.02. The van der Waals surface area contributed by atoms with Gasteiger partial charge in [0.15, 0.2) is 11.5 Å². The zero-order valence-electron chi connectivity index (χ0n) is 17.6. The standard InChI is InChI=1S/C24H28N2O4/c1-3-29-21-12-9-18(15-22(21)30-4-2)23(27)25-19-10-11-20-17(14-19)6-5-13-26(20)24(28)16-7-8-16/h9-12,14-16H,3-8,13H2,1-2H3,(H,25,27). The number of carbonyl (C=O) groups is 2. The molecule has 4 rings (SSSR count). The highest BCUT2D eigenvalue weighted by atomic mass is 16.5. The molecule has 2 aliphatic rings. The molecule has 1 heterocycles. The molecule has 1 N–H and O–H groups in total. The largest absolute Gasteiger partial charge is 0.490 e. The van der Waals surface area contributed by atoms with Crippen LogP contribution in [0.5, 0.6) is 11.5 Å². The van der Waals surface area contributed by atoms with Gasteiger partial charge in [-0.3, -0.25) is 9.59 Å². The lowest BCUT2D eigenvalue weighted by Gasteiger charge is -2.30. The van der Waals surface area contributed by atoms with Gasteiger partial charge in [-0.15, -0.1) is 0 Å². The molecule has 2 aromatic carbocycles. The molecule has 0 aromatic heterocycles. The SMILES string of the molecule is CCOc1ccc(C(=O)Nc2ccc3c(c2)CCCN3C(=O)C2CC2)cc1OCC. The number of nitrogens with zero attached hydrogens (tertiary/aromatic N) is 1. The van der Waals surface area contributed by atoms with E-state index in [1.807, 2.05) is 36.9 Å². The zero-order valence-corrected chi connectivity index (χ0v) is 17.6. The van der Waals surface area contributed by atoms with Gasteiger partial charge in [0.1, 0.15) is 0 Å². The molecule has 158 valence electrons. The van der Waals surface area contributed by atoms with Crippen LogP contribution in [0.2, 0.25) is 0 Å². The molecule has 2 aromatic rings. The predicted octanol–water partition coefficient (Wildman–Crippen LogP) is 4.43. The maximum atomic E-state index is 12.8. The summed E-state index contributed by atoms with van der Waals surface area (Å²) < 4.78 is 11.2.